The van der Waals surface area contributed by atoms with Gasteiger partial charge < -0.3 is 5.32 Å². The quantitative estimate of drug-likeness (QED) is 0.480. The predicted molar refractivity (Wildman–Crippen MR) is 88.0 cm³/mol. The van der Waals surface area contributed by atoms with Crippen molar-refractivity contribution in [3.8, 4) is 0 Å². The molecule has 0 radical (unpaired) electrons. The molecule has 0 aliphatic heterocycles. The Morgan fingerprint density at radius 1 is 1.24 bits per heavy atom. The lowest BCUT2D eigenvalue weighted by atomic mass is 10.1. The van der Waals surface area contributed by atoms with Crippen LogP contribution in [0.4, 0.5) is 11.4 Å². The average Bonchev–Trinajstić information content (AvgIpc) is 2.46. The summed E-state index contributed by atoms with van der Waals surface area (Å²) in [5.74, 6) is 0.805. The number of non-ortho nitro benzene ring substituents is 1. The molecule has 4 nitrogen and oxygen atoms in total. The fourth-order valence-corrected chi connectivity index (χ4v) is 3.07. The zero-order valence-electron chi connectivity index (χ0n) is 12.1. The lowest BCUT2D eigenvalue weighted by Crippen LogP contribution is -1.98. The Labute approximate surface area is 128 Å². The van der Waals surface area contributed by atoms with Gasteiger partial charge in [0.25, 0.3) is 5.69 Å². The van der Waals surface area contributed by atoms with Crippen LogP contribution in [0.3, 0.4) is 0 Å². The first-order chi connectivity index (χ1) is 10.1. The van der Waals surface area contributed by atoms with Gasteiger partial charge in [0, 0.05) is 35.0 Å². The van der Waals surface area contributed by atoms with Crippen molar-refractivity contribution in [3.63, 3.8) is 0 Å². The average molecular weight is 302 g/mol. The molecule has 0 spiro atoms. The fourth-order valence-electron chi connectivity index (χ4n) is 2.01. The fraction of sp³-hybridized carbons (Fsp3) is 0.250. The van der Waals surface area contributed by atoms with Crippen LogP contribution in [0.25, 0.3) is 0 Å². The number of thioether (sulfide) groups is 1. The van der Waals surface area contributed by atoms with Crippen LogP contribution < -0.4 is 5.32 Å². The number of nitro benzene ring substituents is 1. The van der Waals surface area contributed by atoms with Crippen LogP contribution in [-0.4, -0.2) is 11.5 Å². The molecule has 0 amide bonds. The second-order valence-corrected chi connectivity index (χ2v) is 5.77. The third-order valence-corrected chi connectivity index (χ3v) is 4.16. The van der Waals surface area contributed by atoms with E-state index in [9.17, 15) is 10.1 Å². The third kappa shape index (κ3) is 4.23. The lowest BCUT2D eigenvalue weighted by Gasteiger charge is -2.08. The normalized spacial score (nSPS) is 10.4. The Morgan fingerprint density at radius 2 is 2.00 bits per heavy atom. The Bertz CT molecular complexity index is 644. The van der Waals surface area contributed by atoms with Crippen LogP contribution >= 0.6 is 11.8 Å². The number of hydrogen-bond donors (Lipinski definition) is 1. The minimum Gasteiger partial charge on any atom is -0.385 e. The monoisotopic (exact) mass is 302 g/mol. The summed E-state index contributed by atoms with van der Waals surface area (Å²) in [6, 6.07) is 13.4. The summed E-state index contributed by atoms with van der Waals surface area (Å²) >= 11 is 1.61. The molecule has 0 heterocycles. The van der Waals surface area contributed by atoms with Gasteiger partial charge in [0.2, 0.25) is 0 Å². The van der Waals surface area contributed by atoms with E-state index < -0.39 is 0 Å². The van der Waals surface area contributed by atoms with Gasteiger partial charge in [0.1, 0.15) is 0 Å². The molecule has 0 bridgehead atoms. The highest BCUT2D eigenvalue weighted by atomic mass is 32.2. The molecule has 0 saturated heterocycles. The van der Waals surface area contributed by atoms with Gasteiger partial charge in [0.05, 0.1) is 4.92 Å². The molecule has 0 fully saturated rings. The molecule has 2 rings (SSSR count). The van der Waals surface area contributed by atoms with Crippen LogP contribution in [0, 0.1) is 17.0 Å². The summed E-state index contributed by atoms with van der Waals surface area (Å²) in [4.78, 5) is 11.6. The van der Waals surface area contributed by atoms with Gasteiger partial charge in [-0.2, -0.15) is 0 Å². The molecular formula is C16H18N2O2S. The largest absolute Gasteiger partial charge is 0.385 e. The van der Waals surface area contributed by atoms with Gasteiger partial charge in [-0.1, -0.05) is 24.3 Å². The Hall–Kier alpha value is -2.01. The Balaban J connectivity index is 2.19. The number of nitro groups is 1. The summed E-state index contributed by atoms with van der Waals surface area (Å²) < 4.78 is 0. The first-order valence-electron chi connectivity index (χ1n) is 6.81. The molecule has 5 heteroatoms. The van der Waals surface area contributed by atoms with Crippen LogP contribution in [0.2, 0.25) is 0 Å². The van der Waals surface area contributed by atoms with E-state index in [0.29, 0.717) is 0 Å². The van der Waals surface area contributed by atoms with Crippen molar-refractivity contribution in [2.75, 3.05) is 11.9 Å². The first-order valence-corrected chi connectivity index (χ1v) is 7.79. The highest BCUT2D eigenvalue weighted by Gasteiger charge is 2.10. The van der Waals surface area contributed by atoms with Crippen LogP contribution in [-0.2, 0) is 5.75 Å². The van der Waals surface area contributed by atoms with Gasteiger partial charge in [-0.05, 0) is 31.0 Å². The maximum Gasteiger partial charge on any atom is 0.272 e. The molecule has 0 aliphatic rings. The van der Waals surface area contributed by atoms with Crippen molar-refractivity contribution < 1.29 is 4.92 Å². The zero-order valence-corrected chi connectivity index (χ0v) is 12.9. The summed E-state index contributed by atoms with van der Waals surface area (Å²) in [5, 5.41) is 14.1. The molecule has 2 aromatic carbocycles. The number of benzene rings is 2. The van der Waals surface area contributed by atoms with Gasteiger partial charge in [-0.15, -0.1) is 11.8 Å². The van der Waals surface area contributed by atoms with Crippen molar-refractivity contribution in [1.29, 1.82) is 0 Å². The molecule has 21 heavy (non-hydrogen) atoms. The summed E-state index contributed by atoms with van der Waals surface area (Å²) in [5.41, 5.74) is 3.40. The molecule has 2 aromatic rings. The van der Waals surface area contributed by atoms with E-state index in [1.54, 1.807) is 23.9 Å². The van der Waals surface area contributed by atoms with Gasteiger partial charge in [-0.25, -0.2) is 0 Å². The summed E-state index contributed by atoms with van der Waals surface area (Å²) in [7, 11) is 0. The molecule has 110 valence electrons. The van der Waals surface area contributed by atoms with Crippen molar-refractivity contribution in [2.45, 2.75) is 24.5 Å². The van der Waals surface area contributed by atoms with Crippen LogP contribution in [0.15, 0.2) is 47.4 Å². The molecule has 0 saturated carbocycles. The summed E-state index contributed by atoms with van der Waals surface area (Å²) in [6.07, 6.45) is 0. The zero-order chi connectivity index (χ0) is 15.2. The van der Waals surface area contributed by atoms with Crippen molar-refractivity contribution in [3.05, 3.63) is 63.7 Å². The number of rotatable bonds is 6. The highest BCUT2D eigenvalue weighted by Crippen LogP contribution is 2.30. The molecule has 0 aromatic heterocycles. The lowest BCUT2D eigenvalue weighted by molar-refractivity contribution is -0.385. The van der Waals surface area contributed by atoms with Crippen molar-refractivity contribution >= 4 is 23.1 Å². The SMILES string of the molecule is CCNc1cc(SCc2ccccc2C)cc([N+](=O)[O-])c1. The third-order valence-electron chi connectivity index (χ3n) is 3.14. The smallest absolute Gasteiger partial charge is 0.272 e. The van der Waals surface area contributed by atoms with Crippen LogP contribution in [0.1, 0.15) is 18.1 Å². The van der Waals surface area contributed by atoms with E-state index in [4.69, 9.17) is 0 Å². The Kier molecular flexibility index (Phi) is 5.22. The summed E-state index contributed by atoms with van der Waals surface area (Å²) in [6.45, 7) is 4.79. The number of anilines is 1. The number of hydrogen-bond acceptors (Lipinski definition) is 4. The van der Waals surface area contributed by atoms with Gasteiger partial charge in [0.15, 0.2) is 0 Å². The van der Waals surface area contributed by atoms with E-state index in [2.05, 4.69) is 24.4 Å². The molecule has 1 N–H and O–H groups in total. The number of aryl methyl sites for hydroxylation is 1. The van der Waals surface area contributed by atoms with Crippen molar-refractivity contribution in [2.24, 2.45) is 0 Å². The topological polar surface area (TPSA) is 55.2 Å². The maximum absolute atomic E-state index is 11.0. The molecule has 0 unspecified atom stereocenters. The van der Waals surface area contributed by atoms with Crippen LogP contribution in [0.5, 0.6) is 0 Å². The van der Waals surface area contributed by atoms with Gasteiger partial charge in [-0.3, -0.25) is 10.1 Å². The first kappa shape index (κ1) is 15.4. The molecule has 0 atom stereocenters. The highest BCUT2D eigenvalue weighted by molar-refractivity contribution is 7.98. The second kappa shape index (κ2) is 7.13. The maximum atomic E-state index is 11.0. The van der Waals surface area contributed by atoms with E-state index >= 15 is 0 Å². The predicted octanol–water partition coefficient (Wildman–Crippen LogP) is 4.63. The van der Waals surface area contributed by atoms with E-state index in [0.717, 1.165) is 22.9 Å². The standard InChI is InChI=1S/C16H18N2O2S/c1-3-17-14-8-15(18(19)20)10-16(9-14)21-11-13-7-5-4-6-12(13)2/h4-10,17H,3,11H2,1-2H3. The van der Waals surface area contributed by atoms with E-state index in [-0.39, 0.29) is 10.6 Å². The number of nitrogens with zero attached hydrogens (tertiary/aromatic N) is 1. The van der Waals surface area contributed by atoms with Crippen molar-refractivity contribution in [1.82, 2.24) is 0 Å². The number of nitrogens with one attached hydrogen (secondary N) is 1. The Morgan fingerprint density at radius 3 is 2.67 bits per heavy atom. The minimum absolute atomic E-state index is 0.126. The second-order valence-electron chi connectivity index (χ2n) is 4.72. The van der Waals surface area contributed by atoms with E-state index in [1.807, 2.05) is 25.1 Å². The minimum atomic E-state index is -0.349. The van der Waals surface area contributed by atoms with Gasteiger partial charge >= 0.3 is 0 Å². The van der Waals surface area contributed by atoms with E-state index in [1.165, 1.54) is 11.1 Å². The molecular weight excluding hydrogens is 284 g/mol. The molecule has 0 aliphatic carbocycles.